The molecule has 1 heterocycles. The first-order chi connectivity index (χ1) is 11.0. The predicted octanol–water partition coefficient (Wildman–Crippen LogP) is 4.11. The van der Waals surface area contributed by atoms with Gasteiger partial charge in [-0.25, -0.2) is 14.4 Å². The van der Waals surface area contributed by atoms with Gasteiger partial charge >= 0.3 is 0 Å². The summed E-state index contributed by atoms with van der Waals surface area (Å²) in [5, 5.41) is 4.28. The molecule has 132 valence electrons. The topological polar surface area (TPSA) is 40.5 Å². The largest absolute Gasteiger partial charge is 0.357 e. The summed E-state index contributed by atoms with van der Waals surface area (Å²) in [7, 11) is 1.95. The molecule has 0 unspecified atom stereocenters. The van der Waals surface area contributed by atoms with Crippen LogP contribution in [-0.4, -0.2) is 29.4 Å². The SMILES string of the molecule is CCNC(=NCc1nc(C)c(C)s1)N(C)Cc1cccc(F)c1.I. The molecule has 4 nitrogen and oxygen atoms in total. The van der Waals surface area contributed by atoms with Crippen molar-refractivity contribution >= 4 is 41.3 Å². The highest BCUT2D eigenvalue weighted by Crippen LogP contribution is 2.17. The van der Waals surface area contributed by atoms with Gasteiger partial charge in [-0.15, -0.1) is 35.3 Å². The zero-order chi connectivity index (χ0) is 16.8. The average Bonchev–Trinajstić information content (AvgIpc) is 2.82. The van der Waals surface area contributed by atoms with Gasteiger partial charge in [0.15, 0.2) is 5.96 Å². The van der Waals surface area contributed by atoms with Crippen LogP contribution in [0.5, 0.6) is 0 Å². The summed E-state index contributed by atoms with van der Waals surface area (Å²) in [5.74, 6) is 0.578. The van der Waals surface area contributed by atoms with Gasteiger partial charge in [0, 0.05) is 25.0 Å². The van der Waals surface area contributed by atoms with Gasteiger partial charge < -0.3 is 10.2 Å². The molecular weight excluding hydrogens is 438 g/mol. The third-order valence-electron chi connectivity index (χ3n) is 3.44. The van der Waals surface area contributed by atoms with E-state index >= 15 is 0 Å². The molecule has 0 radical (unpaired) electrons. The second kappa shape index (κ2) is 9.93. The van der Waals surface area contributed by atoms with E-state index in [0.717, 1.165) is 28.8 Å². The number of nitrogens with zero attached hydrogens (tertiary/aromatic N) is 3. The van der Waals surface area contributed by atoms with Crippen molar-refractivity contribution in [3.63, 3.8) is 0 Å². The Balaban J connectivity index is 0.00000288. The molecule has 24 heavy (non-hydrogen) atoms. The normalized spacial score (nSPS) is 11.1. The minimum Gasteiger partial charge on any atom is -0.357 e. The van der Waals surface area contributed by atoms with E-state index in [9.17, 15) is 4.39 Å². The molecule has 2 aromatic rings. The zero-order valence-electron chi connectivity index (χ0n) is 14.5. The van der Waals surface area contributed by atoms with Crippen LogP contribution in [-0.2, 0) is 13.1 Å². The van der Waals surface area contributed by atoms with E-state index < -0.39 is 0 Å². The summed E-state index contributed by atoms with van der Waals surface area (Å²) >= 11 is 1.68. The molecule has 1 aromatic heterocycles. The fraction of sp³-hybridized carbons (Fsp3) is 0.412. The number of aromatic nitrogens is 1. The highest BCUT2D eigenvalue weighted by molar-refractivity contribution is 14.0. The molecule has 0 aliphatic carbocycles. The Labute approximate surface area is 164 Å². The van der Waals surface area contributed by atoms with E-state index in [4.69, 9.17) is 0 Å². The Kier molecular flexibility index (Phi) is 8.61. The lowest BCUT2D eigenvalue weighted by Crippen LogP contribution is -2.38. The van der Waals surface area contributed by atoms with Gasteiger partial charge in [-0.1, -0.05) is 12.1 Å². The van der Waals surface area contributed by atoms with Gasteiger partial charge in [0.2, 0.25) is 0 Å². The number of guanidine groups is 1. The number of hydrogen-bond donors (Lipinski definition) is 1. The first-order valence-corrected chi connectivity index (χ1v) is 8.48. The molecule has 7 heteroatoms. The lowest BCUT2D eigenvalue weighted by Gasteiger charge is -2.22. The fourth-order valence-electron chi connectivity index (χ4n) is 2.20. The highest BCUT2D eigenvalue weighted by Gasteiger charge is 2.08. The van der Waals surface area contributed by atoms with Crippen molar-refractivity contribution < 1.29 is 4.39 Å². The lowest BCUT2D eigenvalue weighted by molar-refractivity contribution is 0.474. The number of benzene rings is 1. The van der Waals surface area contributed by atoms with Crippen LogP contribution >= 0.6 is 35.3 Å². The summed E-state index contributed by atoms with van der Waals surface area (Å²) in [6.45, 7) is 8.04. The first kappa shape index (κ1) is 20.8. The Bertz CT molecular complexity index is 667. The van der Waals surface area contributed by atoms with E-state index in [0.29, 0.717) is 13.1 Å². The van der Waals surface area contributed by atoms with E-state index in [1.807, 2.05) is 31.9 Å². The summed E-state index contributed by atoms with van der Waals surface area (Å²) in [5.41, 5.74) is 1.98. The summed E-state index contributed by atoms with van der Waals surface area (Å²) < 4.78 is 13.3. The van der Waals surface area contributed by atoms with Gasteiger partial charge in [-0.05, 0) is 38.5 Å². The van der Waals surface area contributed by atoms with Crippen molar-refractivity contribution in [1.29, 1.82) is 0 Å². The van der Waals surface area contributed by atoms with Gasteiger partial charge in [0.05, 0.1) is 12.2 Å². The van der Waals surface area contributed by atoms with Crippen molar-refractivity contribution in [1.82, 2.24) is 15.2 Å². The maximum Gasteiger partial charge on any atom is 0.194 e. The molecule has 0 fully saturated rings. The highest BCUT2D eigenvalue weighted by atomic mass is 127. The number of aliphatic imine (C=N–C) groups is 1. The van der Waals surface area contributed by atoms with Gasteiger partial charge in [-0.2, -0.15) is 0 Å². The number of hydrogen-bond acceptors (Lipinski definition) is 3. The van der Waals surface area contributed by atoms with E-state index in [1.54, 1.807) is 23.5 Å². The second-order valence-electron chi connectivity index (χ2n) is 5.41. The van der Waals surface area contributed by atoms with Crippen molar-refractivity contribution in [3.8, 4) is 0 Å². The molecule has 0 saturated heterocycles. The molecule has 0 aliphatic heterocycles. The summed E-state index contributed by atoms with van der Waals surface area (Å²) in [6, 6.07) is 6.64. The van der Waals surface area contributed by atoms with Crippen molar-refractivity contribution in [2.75, 3.05) is 13.6 Å². The smallest absolute Gasteiger partial charge is 0.194 e. The van der Waals surface area contributed by atoms with Crippen molar-refractivity contribution in [2.45, 2.75) is 33.9 Å². The number of halogens is 2. The zero-order valence-corrected chi connectivity index (χ0v) is 17.6. The monoisotopic (exact) mass is 462 g/mol. The fourth-order valence-corrected chi connectivity index (χ4v) is 3.06. The Morgan fingerprint density at radius 2 is 2.12 bits per heavy atom. The number of aryl methyl sites for hydroxylation is 2. The van der Waals surface area contributed by atoms with E-state index in [2.05, 4.69) is 22.2 Å². The molecule has 1 aromatic carbocycles. The Morgan fingerprint density at radius 3 is 2.71 bits per heavy atom. The number of nitrogens with one attached hydrogen (secondary N) is 1. The molecule has 0 aliphatic rings. The van der Waals surface area contributed by atoms with Crippen LogP contribution in [0, 0.1) is 19.7 Å². The maximum atomic E-state index is 13.3. The molecule has 2 rings (SSSR count). The molecule has 0 saturated carbocycles. The van der Waals surface area contributed by atoms with Gasteiger partial charge in [-0.3, -0.25) is 0 Å². The molecule has 0 amide bonds. The lowest BCUT2D eigenvalue weighted by atomic mass is 10.2. The van der Waals surface area contributed by atoms with Crippen LogP contribution in [0.15, 0.2) is 29.3 Å². The van der Waals surface area contributed by atoms with Gasteiger partial charge in [0.25, 0.3) is 0 Å². The molecule has 1 N–H and O–H groups in total. The summed E-state index contributed by atoms with van der Waals surface area (Å²) in [6.07, 6.45) is 0. The van der Waals surface area contributed by atoms with Crippen LogP contribution in [0.1, 0.15) is 28.1 Å². The molecule has 0 spiro atoms. The van der Waals surface area contributed by atoms with Crippen LogP contribution in [0.2, 0.25) is 0 Å². The van der Waals surface area contributed by atoms with Crippen LogP contribution in [0.4, 0.5) is 4.39 Å². The van der Waals surface area contributed by atoms with Crippen LogP contribution in [0.25, 0.3) is 0 Å². The quantitative estimate of drug-likeness (QED) is 0.413. The van der Waals surface area contributed by atoms with Gasteiger partial charge in [0.1, 0.15) is 10.8 Å². The molecular formula is C17H24FIN4S. The standard InChI is InChI=1S/C17H23FN4S.HI/c1-5-19-17(20-10-16-21-12(2)13(3)23-16)22(4)11-14-7-6-8-15(18)9-14;/h6-9H,5,10-11H2,1-4H3,(H,19,20);1H. The third-order valence-corrected chi connectivity index (χ3v) is 4.50. The Hall–Kier alpha value is -1.22. The summed E-state index contributed by atoms with van der Waals surface area (Å²) in [4.78, 5) is 12.4. The molecule has 0 bridgehead atoms. The van der Waals surface area contributed by atoms with Crippen LogP contribution in [0.3, 0.4) is 0 Å². The van der Waals surface area contributed by atoms with E-state index in [-0.39, 0.29) is 29.8 Å². The third kappa shape index (κ3) is 6.01. The minimum absolute atomic E-state index is 0. The van der Waals surface area contributed by atoms with Crippen LogP contribution < -0.4 is 5.32 Å². The molecule has 0 atom stereocenters. The minimum atomic E-state index is -0.216. The number of rotatable bonds is 5. The second-order valence-corrected chi connectivity index (χ2v) is 6.69. The van der Waals surface area contributed by atoms with Crippen molar-refractivity contribution in [2.24, 2.45) is 4.99 Å². The predicted molar refractivity (Wildman–Crippen MR) is 110 cm³/mol. The average molecular weight is 462 g/mol. The maximum absolute atomic E-state index is 13.3. The number of thiazole rings is 1. The van der Waals surface area contributed by atoms with E-state index in [1.165, 1.54) is 10.9 Å². The van der Waals surface area contributed by atoms with Crippen molar-refractivity contribution in [3.05, 3.63) is 51.2 Å². The Morgan fingerprint density at radius 1 is 1.38 bits per heavy atom. The first-order valence-electron chi connectivity index (χ1n) is 7.66.